The van der Waals surface area contributed by atoms with Crippen LogP contribution in [0.1, 0.15) is 92.7 Å². The van der Waals surface area contributed by atoms with Crippen molar-refractivity contribution in [1.82, 2.24) is 10.3 Å². The highest BCUT2D eigenvalue weighted by atomic mass is 19.3. The zero-order valence-corrected chi connectivity index (χ0v) is 24.1. The lowest BCUT2D eigenvalue weighted by atomic mass is 9.92. The van der Waals surface area contributed by atoms with E-state index in [1.807, 2.05) is 39.8 Å². The van der Waals surface area contributed by atoms with Gasteiger partial charge < -0.3 is 11.1 Å². The van der Waals surface area contributed by atoms with Gasteiger partial charge in [0.05, 0.1) is 11.7 Å². The van der Waals surface area contributed by atoms with E-state index in [0.717, 1.165) is 30.0 Å². The van der Waals surface area contributed by atoms with Gasteiger partial charge in [0.1, 0.15) is 0 Å². The number of alkyl halides is 2. The van der Waals surface area contributed by atoms with Crippen molar-refractivity contribution in [2.24, 2.45) is 0 Å². The maximum absolute atomic E-state index is 12.7. The van der Waals surface area contributed by atoms with Gasteiger partial charge in [0, 0.05) is 29.9 Å². The number of fused-ring (bicyclic) bond motifs is 1. The number of hydrogen-bond acceptors (Lipinski definition) is 3. The second kappa shape index (κ2) is 14.4. The molecule has 0 aliphatic heterocycles. The van der Waals surface area contributed by atoms with E-state index in [1.165, 1.54) is 23.1 Å². The summed E-state index contributed by atoms with van der Waals surface area (Å²) in [7, 11) is 0. The molecule has 6 heteroatoms. The molecule has 3 aromatic carbocycles. The SMILES string of the molecule is CC.CCC(C)c1cccc2cc(C(=O)NC(C)c3cc(N)ccn3)ccc12.Cc1ccc(C(C)(F)F)cc1. The van der Waals surface area contributed by atoms with E-state index in [-0.39, 0.29) is 17.5 Å². The Kier molecular flexibility index (Phi) is 11.6. The number of nitrogens with zero attached hydrogens (tertiary/aromatic N) is 1. The maximum Gasteiger partial charge on any atom is 0.270 e. The van der Waals surface area contributed by atoms with Gasteiger partial charge >= 0.3 is 0 Å². The van der Waals surface area contributed by atoms with E-state index in [9.17, 15) is 13.6 Å². The normalized spacial score (nSPS) is 12.3. The summed E-state index contributed by atoms with van der Waals surface area (Å²) in [5.74, 6) is -2.33. The van der Waals surface area contributed by atoms with Crippen LogP contribution >= 0.6 is 0 Å². The lowest BCUT2D eigenvalue weighted by Crippen LogP contribution is -2.27. The number of nitrogens with one attached hydrogen (secondary N) is 1. The molecule has 208 valence electrons. The number of pyridine rings is 1. The molecule has 4 nitrogen and oxygen atoms in total. The van der Waals surface area contributed by atoms with E-state index in [1.54, 1.807) is 30.5 Å². The van der Waals surface area contributed by atoms with Crippen LogP contribution in [0, 0.1) is 6.92 Å². The smallest absolute Gasteiger partial charge is 0.270 e. The molecule has 2 atom stereocenters. The van der Waals surface area contributed by atoms with Crippen LogP contribution in [0.25, 0.3) is 10.8 Å². The maximum atomic E-state index is 12.7. The Labute approximate surface area is 231 Å². The fourth-order valence-electron chi connectivity index (χ4n) is 4.00. The second-order valence-corrected chi connectivity index (χ2v) is 9.56. The molecule has 0 saturated carbocycles. The number of benzene rings is 3. The van der Waals surface area contributed by atoms with Crippen LogP contribution in [-0.2, 0) is 5.92 Å². The minimum absolute atomic E-state index is 0.0723. The van der Waals surface area contributed by atoms with E-state index in [0.29, 0.717) is 17.2 Å². The van der Waals surface area contributed by atoms with Crippen molar-refractivity contribution in [3.05, 3.63) is 107 Å². The standard InChI is InChI=1S/C22H25N3O.C9H10F2.C2H6/c1-4-14(2)19-7-5-6-16-12-17(8-9-20(16)19)22(26)25-15(3)21-13-18(23)10-11-24-21;1-7-3-5-8(6-4-7)9(2,10)11;1-2/h5-15H,4H2,1-3H3,(H2,23,24)(H,25,26);3-6H,1-2H3;1-2H3. The highest BCUT2D eigenvalue weighted by Crippen LogP contribution is 2.29. The van der Waals surface area contributed by atoms with Crippen LogP contribution in [0.3, 0.4) is 0 Å². The lowest BCUT2D eigenvalue weighted by molar-refractivity contribution is 0.0174. The van der Waals surface area contributed by atoms with Crippen molar-refractivity contribution in [2.45, 2.75) is 72.8 Å². The van der Waals surface area contributed by atoms with Crippen LogP contribution in [0.15, 0.2) is 79.0 Å². The molecular weight excluding hydrogens is 492 g/mol. The fourth-order valence-corrected chi connectivity index (χ4v) is 4.00. The monoisotopic (exact) mass is 533 g/mol. The van der Waals surface area contributed by atoms with Gasteiger partial charge in [-0.15, -0.1) is 0 Å². The van der Waals surface area contributed by atoms with E-state index >= 15 is 0 Å². The van der Waals surface area contributed by atoms with Gasteiger partial charge in [0.25, 0.3) is 11.8 Å². The predicted octanol–water partition coefficient (Wildman–Crippen LogP) is 8.95. The van der Waals surface area contributed by atoms with Crippen molar-refractivity contribution in [3.8, 4) is 0 Å². The summed E-state index contributed by atoms with van der Waals surface area (Å²) in [6.07, 6.45) is 2.74. The summed E-state index contributed by atoms with van der Waals surface area (Å²) in [6, 6.07) is 21.8. The number of aryl methyl sites for hydroxylation is 1. The quantitative estimate of drug-likeness (QED) is 0.260. The van der Waals surface area contributed by atoms with Gasteiger partial charge in [-0.05, 0) is 66.8 Å². The minimum Gasteiger partial charge on any atom is -0.399 e. The molecule has 0 saturated heterocycles. The third kappa shape index (κ3) is 8.88. The highest BCUT2D eigenvalue weighted by Gasteiger charge is 2.23. The largest absolute Gasteiger partial charge is 0.399 e. The molecule has 1 aromatic heterocycles. The van der Waals surface area contributed by atoms with Crippen LogP contribution in [-0.4, -0.2) is 10.9 Å². The summed E-state index contributed by atoms with van der Waals surface area (Å²) in [5.41, 5.74) is 10.2. The molecule has 0 radical (unpaired) electrons. The molecule has 39 heavy (non-hydrogen) atoms. The molecule has 0 aliphatic rings. The topological polar surface area (TPSA) is 68.0 Å². The van der Waals surface area contributed by atoms with Crippen LogP contribution in [0.5, 0.6) is 0 Å². The van der Waals surface area contributed by atoms with Crippen LogP contribution < -0.4 is 11.1 Å². The first-order chi connectivity index (χ1) is 18.5. The average molecular weight is 534 g/mol. The van der Waals surface area contributed by atoms with Gasteiger partial charge in [0.2, 0.25) is 0 Å². The average Bonchev–Trinajstić information content (AvgIpc) is 2.93. The summed E-state index contributed by atoms with van der Waals surface area (Å²) in [5, 5.41) is 5.30. The second-order valence-electron chi connectivity index (χ2n) is 9.56. The zero-order valence-electron chi connectivity index (χ0n) is 24.1. The highest BCUT2D eigenvalue weighted by molar-refractivity contribution is 5.99. The lowest BCUT2D eigenvalue weighted by Gasteiger charge is -2.15. The third-order valence-corrected chi connectivity index (χ3v) is 6.47. The molecule has 2 unspecified atom stereocenters. The van der Waals surface area contributed by atoms with E-state index in [2.05, 4.69) is 48.4 Å². The molecule has 4 rings (SSSR count). The number of anilines is 1. The Bertz CT molecular complexity index is 1350. The van der Waals surface area contributed by atoms with Crippen LogP contribution in [0.4, 0.5) is 14.5 Å². The number of nitrogens with two attached hydrogens (primary N) is 1. The Morgan fingerprint density at radius 3 is 2.26 bits per heavy atom. The fraction of sp³-hybridized carbons (Fsp3) is 0.333. The van der Waals surface area contributed by atoms with Gasteiger partial charge in [0.15, 0.2) is 0 Å². The molecule has 4 aromatic rings. The number of carbonyl (C=O) groups is 1. The van der Waals surface area contributed by atoms with Crippen molar-refractivity contribution >= 4 is 22.4 Å². The van der Waals surface area contributed by atoms with Gasteiger partial charge in [-0.25, -0.2) is 8.78 Å². The Morgan fingerprint density at radius 1 is 1.00 bits per heavy atom. The number of halogens is 2. The molecule has 0 bridgehead atoms. The van der Waals surface area contributed by atoms with Gasteiger partial charge in [-0.2, -0.15) is 0 Å². The van der Waals surface area contributed by atoms with E-state index < -0.39 is 5.92 Å². The summed E-state index contributed by atoms with van der Waals surface area (Å²) < 4.78 is 25.2. The van der Waals surface area contributed by atoms with E-state index in [4.69, 9.17) is 5.73 Å². The number of amides is 1. The first kappa shape index (κ1) is 31.4. The Morgan fingerprint density at radius 2 is 1.67 bits per heavy atom. The first-order valence-electron chi connectivity index (χ1n) is 13.5. The Balaban J connectivity index is 0.000000343. The summed E-state index contributed by atoms with van der Waals surface area (Å²) in [4.78, 5) is 16.9. The minimum atomic E-state index is -2.71. The van der Waals surface area contributed by atoms with Crippen molar-refractivity contribution in [3.63, 3.8) is 0 Å². The van der Waals surface area contributed by atoms with Crippen molar-refractivity contribution in [1.29, 1.82) is 0 Å². The van der Waals surface area contributed by atoms with Gasteiger partial charge in [-0.3, -0.25) is 9.78 Å². The summed E-state index contributed by atoms with van der Waals surface area (Å²) in [6.45, 7) is 13.1. The molecule has 0 spiro atoms. The molecule has 0 fully saturated rings. The molecule has 3 N–H and O–H groups in total. The third-order valence-electron chi connectivity index (χ3n) is 6.47. The molecule has 1 amide bonds. The van der Waals surface area contributed by atoms with Crippen molar-refractivity contribution in [2.75, 3.05) is 5.73 Å². The number of rotatable bonds is 6. The first-order valence-corrected chi connectivity index (χ1v) is 13.5. The number of carbonyl (C=O) groups excluding carboxylic acids is 1. The number of nitrogen functional groups attached to an aromatic ring is 1. The Hall–Kier alpha value is -3.80. The van der Waals surface area contributed by atoms with Crippen molar-refractivity contribution < 1.29 is 13.6 Å². The summed E-state index contributed by atoms with van der Waals surface area (Å²) >= 11 is 0. The predicted molar refractivity (Wildman–Crippen MR) is 159 cm³/mol. The molecule has 1 heterocycles. The van der Waals surface area contributed by atoms with Crippen LogP contribution in [0.2, 0.25) is 0 Å². The number of hydrogen-bond donors (Lipinski definition) is 2. The number of aromatic nitrogens is 1. The van der Waals surface area contributed by atoms with Gasteiger partial charge in [-0.1, -0.05) is 81.8 Å². The molecule has 0 aliphatic carbocycles. The molecular formula is C33H41F2N3O. The zero-order chi connectivity index (χ0) is 29.2.